The Labute approximate surface area is 98.1 Å². The molecule has 2 nitrogen and oxygen atoms in total. The lowest BCUT2D eigenvalue weighted by Gasteiger charge is -2.10. The first kappa shape index (κ1) is 11.9. The van der Waals surface area contributed by atoms with Crippen LogP contribution in [0.5, 0.6) is 0 Å². The van der Waals surface area contributed by atoms with Crippen molar-refractivity contribution in [1.29, 1.82) is 0 Å². The minimum atomic E-state index is 0.513. The van der Waals surface area contributed by atoms with E-state index in [9.17, 15) is 0 Å². The summed E-state index contributed by atoms with van der Waals surface area (Å²) in [6, 6.07) is 3.29. The highest BCUT2D eigenvalue weighted by atomic mass is 35.5. The summed E-state index contributed by atoms with van der Waals surface area (Å²) in [6.45, 7) is 1.24. The first-order chi connectivity index (χ1) is 6.65. The molecule has 0 heterocycles. The van der Waals surface area contributed by atoms with Gasteiger partial charge in [-0.2, -0.15) is 0 Å². The Balaban J connectivity index is 2.75. The molecule has 0 bridgehead atoms. The quantitative estimate of drug-likeness (QED) is 0.827. The van der Waals surface area contributed by atoms with Gasteiger partial charge >= 0.3 is 0 Å². The highest BCUT2D eigenvalue weighted by molar-refractivity contribution is 6.41. The third kappa shape index (κ3) is 3.21. The van der Waals surface area contributed by atoms with E-state index in [1.165, 1.54) is 0 Å². The summed E-state index contributed by atoms with van der Waals surface area (Å²) in [5.74, 6) is 0. The molecule has 5 heteroatoms. The highest BCUT2D eigenvalue weighted by Gasteiger charge is 2.06. The molecule has 0 radical (unpaired) electrons. The van der Waals surface area contributed by atoms with Crippen molar-refractivity contribution in [3.8, 4) is 0 Å². The van der Waals surface area contributed by atoms with Crippen LogP contribution in [0.2, 0.25) is 15.1 Å². The largest absolute Gasteiger partial charge is 0.383 e. The first-order valence-corrected chi connectivity index (χ1v) is 5.16. The molecule has 0 unspecified atom stereocenters. The van der Waals surface area contributed by atoms with Crippen LogP contribution < -0.4 is 5.32 Å². The smallest absolute Gasteiger partial charge is 0.0720 e. The molecule has 0 spiro atoms. The Hall–Kier alpha value is -0.150. The summed E-state index contributed by atoms with van der Waals surface area (Å²) in [4.78, 5) is 0. The molecule has 0 aromatic heterocycles. The van der Waals surface area contributed by atoms with Crippen LogP contribution in [0, 0.1) is 0 Å². The summed E-state index contributed by atoms with van der Waals surface area (Å²) in [7, 11) is 1.63. The zero-order valence-electron chi connectivity index (χ0n) is 7.61. The Morgan fingerprint density at radius 1 is 1.21 bits per heavy atom. The van der Waals surface area contributed by atoms with Crippen LogP contribution in [-0.2, 0) is 4.74 Å². The zero-order valence-corrected chi connectivity index (χ0v) is 9.88. The molecular weight excluding hydrogens is 244 g/mol. The van der Waals surface area contributed by atoms with Crippen LogP contribution in [0.1, 0.15) is 0 Å². The second kappa shape index (κ2) is 5.66. The monoisotopic (exact) mass is 253 g/mol. The number of methoxy groups -OCH3 is 1. The van der Waals surface area contributed by atoms with Crippen molar-refractivity contribution in [1.82, 2.24) is 0 Å². The van der Waals surface area contributed by atoms with E-state index in [1.54, 1.807) is 19.2 Å². The van der Waals surface area contributed by atoms with Gasteiger partial charge in [-0.05, 0) is 12.1 Å². The Bertz CT molecular complexity index is 294. The van der Waals surface area contributed by atoms with Crippen molar-refractivity contribution in [3.63, 3.8) is 0 Å². The van der Waals surface area contributed by atoms with Crippen molar-refractivity contribution in [2.24, 2.45) is 0 Å². The molecule has 78 valence electrons. The predicted molar refractivity (Wildman–Crippen MR) is 61.8 cm³/mol. The van der Waals surface area contributed by atoms with Gasteiger partial charge in [-0.3, -0.25) is 0 Å². The molecule has 0 aliphatic carbocycles. The van der Waals surface area contributed by atoms with E-state index < -0.39 is 0 Å². The van der Waals surface area contributed by atoms with Gasteiger partial charge in [-0.1, -0.05) is 34.8 Å². The fourth-order valence-corrected chi connectivity index (χ4v) is 1.94. The van der Waals surface area contributed by atoms with Crippen LogP contribution in [-0.4, -0.2) is 20.3 Å². The first-order valence-electron chi connectivity index (χ1n) is 4.02. The number of ether oxygens (including phenoxy) is 1. The third-order valence-corrected chi connectivity index (χ3v) is 2.43. The Morgan fingerprint density at radius 3 is 2.29 bits per heavy atom. The molecule has 0 saturated carbocycles. The van der Waals surface area contributed by atoms with Gasteiger partial charge in [0.05, 0.1) is 22.3 Å². The molecule has 1 N–H and O–H groups in total. The predicted octanol–water partition coefficient (Wildman–Crippen LogP) is 3.71. The van der Waals surface area contributed by atoms with Crippen LogP contribution in [0.25, 0.3) is 0 Å². The van der Waals surface area contributed by atoms with Gasteiger partial charge in [-0.15, -0.1) is 0 Å². The topological polar surface area (TPSA) is 21.3 Å². The third-order valence-electron chi connectivity index (χ3n) is 1.61. The minimum Gasteiger partial charge on any atom is -0.383 e. The van der Waals surface area contributed by atoms with Gasteiger partial charge in [0.15, 0.2) is 0 Å². The number of hydrogen-bond donors (Lipinski definition) is 1. The lowest BCUT2D eigenvalue weighted by atomic mass is 10.3. The van der Waals surface area contributed by atoms with E-state index in [0.717, 1.165) is 0 Å². The molecule has 14 heavy (non-hydrogen) atoms. The molecule has 0 amide bonds. The number of rotatable bonds is 4. The summed E-state index contributed by atoms with van der Waals surface area (Å²) in [6.07, 6.45) is 0. The average molecular weight is 255 g/mol. The lowest BCUT2D eigenvalue weighted by molar-refractivity contribution is 0.211. The maximum atomic E-state index is 5.94. The summed E-state index contributed by atoms with van der Waals surface area (Å²) in [5, 5.41) is 4.61. The van der Waals surface area contributed by atoms with Crippen molar-refractivity contribution in [2.75, 3.05) is 25.6 Å². The lowest BCUT2D eigenvalue weighted by Crippen LogP contribution is -2.08. The standard InChI is InChI=1S/C9H10Cl3NO/c1-14-3-2-13-9-7(11)4-6(10)5-8(9)12/h4-5,13H,2-3H2,1H3. The van der Waals surface area contributed by atoms with Gasteiger partial charge < -0.3 is 10.1 Å². The molecule has 1 aromatic carbocycles. The van der Waals surface area contributed by atoms with E-state index in [0.29, 0.717) is 33.9 Å². The second-order valence-corrected chi connectivity index (χ2v) is 3.91. The maximum Gasteiger partial charge on any atom is 0.0720 e. The SMILES string of the molecule is COCCNc1c(Cl)cc(Cl)cc1Cl. The number of nitrogens with one attached hydrogen (secondary N) is 1. The fraction of sp³-hybridized carbons (Fsp3) is 0.333. The molecule has 0 fully saturated rings. The van der Waals surface area contributed by atoms with Gasteiger partial charge in [0, 0.05) is 18.7 Å². The van der Waals surface area contributed by atoms with Gasteiger partial charge in [0.1, 0.15) is 0 Å². The number of hydrogen-bond acceptors (Lipinski definition) is 2. The van der Waals surface area contributed by atoms with Crippen LogP contribution >= 0.6 is 34.8 Å². The van der Waals surface area contributed by atoms with Crippen molar-refractivity contribution in [2.45, 2.75) is 0 Å². The summed E-state index contributed by atoms with van der Waals surface area (Å²) in [5.41, 5.74) is 0.690. The van der Waals surface area contributed by atoms with Crippen LogP contribution in [0.3, 0.4) is 0 Å². The van der Waals surface area contributed by atoms with Gasteiger partial charge in [0.2, 0.25) is 0 Å². The van der Waals surface area contributed by atoms with Crippen LogP contribution in [0.15, 0.2) is 12.1 Å². The molecular formula is C9H10Cl3NO. The highest BCUT2D eigenvalue weighted by Crippen LogP contribution is 2.33. The summed E-state index contributed by atoms with van der Waals surface area (Å²) >= 11 is 17.6. The molecule has 1 aromatic rings. The van der Waals surface area contributed by atoms with Crippen LogP contribution in [0.4, 0.5) is 5.69 Å². The molecule has 1 rings (SSSR count). The fourth-order valence-electron chi connectivity index (χ4n) is 0.989. The Kier molecular flexibility index (Phi) is 4.82. The van der Waals surface area contributed by atoms with Crippen molar-refractivity contribution < 1.29 is 4.74 Å². The van der Waals surface area contributed by atoms with E-state index in [-0.39, 0.29) is 0 Å². The molecule has 0 aliphatic rings. The second-order valence-electron chi connectivity index (χ2n) is 2.66. The van der Waals surface area contributed by atoms with E-state index in [4.69, 9.17) is 39.5 Å². The van der Waals surface area contributed by atoms with Crippen molar-refractivity contribution >= 4 is 40.5 Å². The number of anilines is 1. The Morgan fingerprint density at radius 2 is 1.79 bits per heavy atom. The van der Waals surface area contributed by atoms with E-state index in [1.807, 2.05) is 0 Å². The number of benzene rings is 1. The average Bonchev–Trinajstić information content (AvgIpc) is 2.09. The summed E-state index contributed by atoms with van der Waals surface area (Å²) < 4.78 is 4.89. The van der Waals surface area contributed by atoms with Gasteiger partial charge in [-0.25, -0.2) is 0 Å². The van der Waals surface area contributed by atoms with E-state index >= 15 is 0 Å². The van der Waals surface area contributed by atoms with E-state index in [2.05, 4.69) is 5.32 Å². The molecule has 0 aliphatic heterocycles. The molecule has 0 atom stereocenters. The minimum absolute atomic E-state index is 0.513. The zero-order chi connectivity index (χ0) is 10.6. The van der Waals surface area contributed by atoms with Gasteiger partial charge in [0.25, 0.3) is 0 Å². The normalized spacial score (nSPS) is 10.3. The van der Waals surface area contributed by atoms with Crippen molar-refractivity contribution in [3.05, 3.63) is 27.2 Å². The number of halogens is 3. The maximum absolute atomic E-state index is 5.94. The molecule has 0 saturated heterocycles.